The number of nitrogens with zero attached hydrogens (tertiary/aromatic N) is 2. The van der Waals surface area contributed by atoms with Crippen molar-refractivity contribution in [3.05, 3.63) is 6.20 Å². The molecule has 0 aliphatic heterocycles. The van der Waals surface area contributed by atoms with Crippen molar-refractivity contribution >= 4 is 11.8 Å². The van der Waals surface area contributed by atoms with Gasteiger partial charge in [0.1, 0.15) is 0 Å². The van der Waals surface area contributed by atoms with Gasteiger partial charge in [-0.3, -0.25) is 4.52 Å². The van der Waals surface area contributed by atoms with Crippen molar-refractivity contribution in [2.75, 3.05) is 5.73 Å². The zero-order chi connectivity index (χ0) is 9.97. The molecule has 0 amide bonds. The second kappa shape index (κ2) is 3.77. The summed E-state index contributed by atoms with van der Waals surface area (Å²) >= 11 is 0. The van der Waals surface area contributed by atoms with Crippen LogP contribution in [0.4, 0.5) is 5.88 Å². The Morgan fingerprint density at radius 1 is 1.50 bits per heavy atom. The highest BCUT2D eigenvalue weighted by Gasteiger charge is 2.31. The van der Waals surface area contributed by atoms with Crippen LogP contribution in [0.25, 0.3) is 0 Å². The molecule has 0 bridgehead atoms. The molecule has 1 aromatic rings. The van der Waals surface area contributed by atoms with Crippen molar-refractivity contribution in [1.82, 2.24) is 5.27 Å². The fourth-order valence-corrected chi connectivity index (χ4v) is 1.90. The van der Waals surface area contributed by atoms with E-state index in [9.17, 15) is 4.79 Å². The van der Waals surface area contributed by atoms with E-state index in [0.717, 1.165) is 25.7 Å². The Bertz CT molecular complexity index is 329. The molecule has 0 atom stereocenters. The average molecular weight is 196 g/mol. The van der Waals surface area contributed by atoms with Crippen LogP contribution in [0.15, 0.2) is 10.7 Å². The number of nitrogen functional groups attached to an aromatic ring is 1. The highest BCUT2D eigenvalue weighted by atomic mass is 16.5. The molecule has 1 fully saturated rings. The molecule has 5 nitrogen and oxygen atoms in total. The lowest BCUT2D eigenvalue weighted by atomic mass is 9.89. The van der Waals surface area contributed by atoms with Gasteiger partial charge in [-0.05, 0) is 12.8 Å². The predicted molar refractivity (Wildman–Crippen MR) is 48.3 cm³/mol. The first kappa shape index (κ1) is 9.18. The number of aromatic nitrogens is 2. The Balaban J connectivity index is 2.07. The van der Waals surface area contributed by atoms with E-state index in [1.165, 1.54) is 17.3 Å². The molecule has 1 aliphatic carbocycles. The van der Waals surface area contributed by atoms with Gasteiger partial charge in [0.05, 0.1) is 5.92 Å². The minimum atomic E-state index is 0.00477. The third-order valence-corrected chi connectivity index (χ3v) is 2.66. The van der Waals surface area contributed by atoms with E-state index in [4.69, 9.17) is 5.73 Å². The van der Waals surface area contributed by atoms with Crippen molar-refractivity contribution in [3.63, 3.8) is 0 Å². The van der Waals surface area contributed by atoms with Crippen molar-refractivity contribution in [2.24, 2.45) is 5.92 Å². The van der Waals surface area contributed by atoms with E-state index >= 15 is 0 Å². The van der Waals surface area contributed by atoms with Gasteiger partial charge in [0, 0.05) is 4.68 Å². The van der Waals surface area contributed by atoms with E-state index in [0.29, 0.717) is 0 Å². The zero-order valence-corrected chi connectivity index (χ0v) is 7.98. The van der Waals surface area contributed by atoms with Gasteiger partial charge in [-0.1, -0.05) is 19.3 Å². The van der Waals surface area contributed by atoms with Gasteiger partial charge in [0.15, 0.2) is 0 Å². The summed E-state index contributed by atoms with van der Waals surface area (Å²) in [5.41, 5.74) is 5.34. The monoisotopic (exact) mass is 196 g/mol. The highest BCUT2D eigenvalue weighted by Crippen LogP contribution is 2.23. The largest absolute Gasteiger partial charge is 0.422 e. The Morgan fingerprint density at radius 2 is 2.21 bits per heavy atom. The van der Waals surface area contributed by atoms with Gasteiger partial charge in [0.2, 0.25) is 5.27 Å². The van der Waals surface area contributed by atoms with Gasteiger partial charge in [0.25, 0.3) is 12.1 Å². The lowest BCUT2D eigenvalue weighted by Gasteiger charge is -2.14. The first-order valence-corrected chi connectivity index (χ1v) is 4.96. The predicted octanol–water partition coefficient (Wildman–Crippen LogP) is 0.765. The average Bonchev–Trinajstić information content (AvgIpc) is 2.65. The molecule has 2 N–H and O–H groups in total. The first-order chi connectivity index (χ1) is 6.77. The minimum Gasteiger partial charge on any atom is -0.362 e. The number of hydrogen-bond acceptors (Lipinski definition) is 4. The lowest BCUT2D eigenvalue weighted by Crippen LogP contribution is -2.48. The lowest BCUT2D eigenvalue weighted by molar-refractivity contribution is -0.651. The summed E-state index contributed by atoms with van der Waals surface area (Å²) in [6, 6.07) is 0. The normalized spacial score (nSPS) is 18.3. The topological polar surface area (TPSA) is 73.0 Å². The Labute approximate surface area is 81.8 Å². The summed E-state index contributed by atoms with van der Waals surface area (Å²) in [7, 11) is 0. The maximum Gasteiger partial charge on any atom is 0.422 e. The number of anilines is 1. The zero-order valence-electron chi connectivity index (χ0n) is 7.98. The maximum atomic E-state index is 11.8. The summed E-state index contributed by atoms with van der Waals surface area (Å²) in [6.07, 6.45) is 6.83. The molecule has 1 saturated carbocycles. The molecule has 0 spiro atoms. The molecular weight excluding hydrogens is 182 g/mol. The smallest absolute Gasteiger partial charge is 0.362 e. The number of nitrogens with two attached hydrogens (primary N) is 1. The SMILES string of the molecule is Nc1c[n+](C(=O)C2CCCCC2)no1. The molecule has 2 rings (SSSR count). The standard InChI is InChI=1S/C9H14N3O2/c10-8-6-12(11-14-8)9(13)7-4-2-1-3-5-7/h6-7H,1-5,10H2/q+1. The molecular formula is C9H14N3O2+. The Kier molecular flexibility index (Phi) is 2.47. The minimum absolute atomic E-state index is 0.00477. The highest BCUT2D eigenvalue weighted by molar-refractivity contribution is 5.69. The molecule has 0 radical (unpaired) electrons. The molecule has 0 aromatic carbocycles. The first-order valence-electron chi connectivity index (χ1n) is 4.96. The van der Waals surface area contributed by atoms with Gasteiger partial charge < -0.3 is 5.73 Å². The molecule has 0 saturated heterocycles. The van der Waals surface area contributed by atoms with Gasteiger partial charge in [-0.2, -0.15) is 0 Å². The number of carbonyl (C=O) groups is 1. The summed E-state index contributed by atoms with van der Waals surface area (Å²) in [5, 5.41) is 3.56. The van der Waals surface area contributed by atoms with Crippen LogP contribution in [-0.4, -0.2) is 11.2 Å². The fraction of sp³-hybridized carbons (Fsp3) is 0.667. The Morgan fingerprint density at radius 3 is 2.79 bits per heavy atom. The Hall–Kier alpha value is -1.39. The number of carbonyl (C=O) groups excluding carboxylic acids is 1. The van der Waals surface area contributed by atoms with Gasteiger partial charge in [-0.15, -0.1) is 0 Å². The molecule has 1 aromatic heterocycles. The summed E-state index contributed by atoms with van der Waals surface area (Å²) in [4.78, 5) is 11.8. The maximum absolute atomic E-state index is 11.8. The van der Waals surface area contributed by atoms with Crippen LogP contribution >= 0.6 is 0 Å². The summed E-state index contributed by atoms with van der Waals surface area (Å²) in [5.74, 6) is 0.276. The third-order valence-electron chi connectivity index (χ3n) is 2.66. The van der Waals surface area contributed by atoms with Crippen LogP contribution < -0.4 is 10.4 Å². The van der Waals surface area contributed by atoms with E-state index in [1.54, 1.807) is 0 Å². The molecule has 1 aliphatic rings. The molecule has 76 valence electrons. The van der Waals surface area contributed by atoms with Crippen LogP contribution in [0.5, 0.6) is 0 Å². The molecule has 0 unspecified atom stereocenters. The molecule has 1 heterocycles. The van der Waals surface area contributed by atoms with Crippen molar-refractivity contribution in [3.8, 4) is 0 Å². The van der Waals surface area contributed by atoms with Gasteiger partial charge in [-0.25, -0.2) is 4.79 Å². The molecule has 5 heteroatoms. The van der Waals surface area contributed by atoms with Crippen LogP contribution in [-0.2, 0) is 0 Å². The summed E-state index contributed by atoms with van der Waals surface area (Å²) in [6.45, 7) is 0. The fourth-order valence-electron chi connectivity index (χ4n) is 1.90. The van der Waals surface area contributed by atoms with E-state index in [2.05, 4.69) is 9.79 Å². The van der Waals surface area contributed by atoms with Crippen molar-refractivity contribution in [2.45, 2.75) is 32.1 Å². The van der Waals surface area contributed by atoms with E-state index in [-0.39, 0.29) is 17.7 Å². The quantitative estimate of drug-likeness (QED) is 0.673. The third kappa shape index (κ3) is 1.76. The van der Waals surface area contributed by atoms with Crippen LogP contribution in [0.1, 0.15) is 36.9 Å². The van der Waals surface area contributed by atoms with Crippen molar-refractivity contribution in [1.29, 1.82) is 0 Å². The number of rotatable bonds is 1. The van der Waals surface area contributed by atoms with Crippen LogP contribution in [0.2, 0.25) is 0 Å². The molecule has 14 heavy (non-hydrogen) atoms. The second-order valence-electron chi connectivity index (χ2n) is 3.72. The second-order valence-corrected chi connectivity index (χ2v) is 3.72. The van der Waals surface area contributed by atoms with E-state index < -0.39 is 0 Å². The van der Waals surface area contributed by atoms with E-state index in [1.807, 2.05) is 0 Å². The summed E-state index contributed by atoms with van der Waals surface area (Å²) < 4.78 is 5.86. The van der Waals surface area contributed by atoms with Crippen LogP contribution in [0.3, 0.4) is 0 Å². The van der Waals surface area contributed by atoms with Crippen LogP contribution in [0, 0.1) is 5.92 Å². The van der Waals surface area contributed by atoms with Gasteiger partial charge >= 0.3 is 5.91 Å². The number of hydrogen-bond donors (Lipinski definition) is 1. The van der Waals surface area contributed by atoms with Crippen molar-refractivity contribution < 1.29 is 14.0 Å².